The van der Waals surface area contributed by atoms with Gasteiger partial charge in [0.2, 0.25) is 0 Å². The van der Waals surface area contributed by atoms with Crippen LogP contribution in [0.15, 0.2) is 102 Å². The van der Waals surface area contributed by atoms with Gasteiger partial charge in [-0.1, -0.05) is 101 Å². The predicted molar refractivity (Wildman–Crippen MR) is 110 cm³/mol. The maximum absolute atomic E-state index is 3.70. The Labute approximate surface area is 162 Å². The first-order valence-electron chi connectivity index (χ1n) is 8.74. The Morgan fingerprint density at radius 2 is 1.27 bits per heavy atom. The number of hydrogen-bond donors (Lipinski definition) is 0. The third-order valence-corrected chi connectivity index (χ3v) is 5.86. The minimum Gasteiger partial charge on any atom is -0.0622 e. The predicted octanol–water partition coefficient (Wildman–Crippen LogP) is 6.61. The molecule has 0 nitrogen and oxygen atoms in total. The first kappa shape index (κ1) is 15.6. The zero-order valence-corrected chi connectivity index (χ0v) is 15.7. The van der Waals surface area contributed by atoms with Crippen LogP contribution in [0.1, 0.15) is 22.3 Å². The molecule has 0 amide bonds. The lowest BCUT2D eigenvalue weighted by molar-refractivity contribution is 0.768. The van der Waals surface area contributed by atoms with E-state index in [4.69, 9.17) is 0 Å². The smallest absolute Gasteiger partial charge is 0.0622 e. The van der Waals surface area contributed by atoms with Crippen molar-refractivity contribution >= 4 is 15.9 Å². The molecular weight excluding hydrogens is 380 g/mol. The lowest BCUT2D eigenvalue weighted by atomic mass is 9.68. The largest absolute Gasteiger partial charge is 0.0713 e. The summed E-state index contributed by atoms with van der Waals surface area (Å²) in [5, 5.41) is 0. The van der Waals surface area contributed by atoms with Crippen molar-refractivity contribution in [1.29, 1.82) is 0 Å². The minimum atomic E-state index is -0.313. The van der Waals surface area contributed by atoms with Crippen LogP contribution in [0, 0.1) is 6.07 Å². The second kappa shape index (κ2) is 5.96. The van der Waals surface area contributed by atoms with E-state index in [9.17, 15) is 0 Å². The van der Waals surface area contributed by atoms with Crippen LogP contribution in [0.3, 0.4) is 0 Å². The summed E-state index contributed by atoms with van der Waals surface area (Å²) in [6.07, 6.45) is 0. The highest BCUT2D eigenvalue weighted by Crippen LogP contribution is 2.56. The van der Waals surface area contributed by atoms with Crippen molar-refractivity contribution < 1.29 is 0 Å². The van der Waals surface area contributed by atoms with E-state index in [1.807, 2.05) is 12.1 Å². The second-order valence-corrected chi connectivity index (χ2v) is 7.56. The van der Waals surface area contributed by atoms with Crippen LogP contribution in [-0.2, 0) is 5.41 Å². The number of rotatable bonds is 2. The van der Waals surface area contributed by atoms with Gasteiger partial charge in [-0.3, -0.25) is 0 Å². The molecule has 1 atom stereocenters. The Morgan fingerprint density at radius 3 is 2.08 bits per heavy atom. The summed E-state index contributed by atoms with van der Waals surface area (Å²) in [5.41, 5.74) is 7.52. The van der Waals surface area contributed by atoms with Gasteiger partial charge in [-0.15, -0.1) is 0 Å². The van der Waals surface area contributed by atoms with Gasteiger partial charge in [0.25, 0.3) is 0 Å². The molecule has 0 N–H and O–H groups in total. The van der Waals surface area contributed by atoms with Gasteiger partial charge in [0, 0.05) is 4.47 Å². The van der Waals surface area contributed by atoms with E-state index >= 15 is 0 Å². The van der Waals surface area contributed by atoms with E-state index in [0.29, 0.717) is 0 Å². The molecule has 123 valence electrons. The van der Waals surface area contributed by atoms with E-state index in [2.05, 4.69) is 107 Å². The summed E-state index contributed by atoms with van der Waals surface area (Å²) in [5.74, 6) is 0. The summed E-state index contributed by atoms with van der Waals surface area (Å²) in [6, 6.07) is 37.8. The normalized spacial score (nSPS) is 13.9. The highest BCUT2D eigenvalue weighted by Gasteiger charge is 2.45. The monoisotopic (exact) mass is 395 g/mol. The zero-order valence-electron chi connectivity index (χ0n) is 14.1. The first-order valence-corrected chi connectivity index (χ1v) is 9.53. The second-order valence-electron chi connectivity index (χ2n) is 6.64. The topological polar surface area (TPSA) is 0 Å². The van der Waals surface area contributed by atoms with Gasteiger partial charge in [0.1, 0.15) is 0 Å². The number of halogens is 1. The Kier molecular flexibility index (Phi) is 3.58. The minimum absolute atomic E-state index is 0.313. The molecule has 0 aromatic heterocycles. The molecule has 1 aliphatic rings. The number of hydrogen-bond acceptors (Lipinski definition) is 0. The standard InChI is InChI=1S/C25H16Br/c26-20-15-16-22-21-13-7-8-14-23(21)25(24(22)17-20,18-9-3-1-4-10-18)19-11-5-2-6-12-19/h1,3-17H. The lowest BCUT2D eigenvalue weighted by Gasteiger charge is -2.33. The van der Waals surface area contributed by atoms with E-state index < -0.39 is 0 Å². The Bertz CT molecular complexity index is 1040. The molecule has 1 radical (unpaired) electrons. The average molecular weight is 396 g/mol. The molecule has 26 heavy (non-hydrogen) atoms. The Morgan fingerprint density at radius 1 is 0.615 bits per heavy atom. The van der Waals surface area contributed by atoms with Crippen molar-refractivity contribution in [3.63, 3.8) is 0 Å². The fourth-order valence-electron chi connectivity index (χ4n) is 4.37. The molecule has 1 unspecified atom stereocenters. The van der Waals surface area contributed by atoms with E-state index in [1.54, 1.807) is 0 Å². The molecule has 0 saturated carbocycles. The Balaban J connectivity index is 1.99. The van der Waals surface area contributed by atoms with Crippen molar-refractivity contribution in [2.45, 2.75) is 5.41 Å². The lowest BCUT2D eigenvalue weighted by Crippen LogP contribution is -2.28. The molecule has 5 rings (SSSR count). The molecule has 4 aromatic rings. The van der Waals surface area contributed by atoms with Crippen molar-refractivity contribution in [2.24, 2.45) is 0 Å². The van der Waals surface area contributed by atoms with Gasteiger partial charge in [0.15, 0.2) is 0 Å². The summed E-state index contributed by atoms with van der Waals surface area (Å²) in [7, 11) is 0. The average Bonchev–Trinajstić information content (AvgIpc) is 3.00. The fraction of sp³-hybridized carbons (Fsp3) is 0.0400. The van der Waals surface area contributed by atoms with Crippen LogP contribution >= 0.6 is 15.9 Å². The zero-order chi connectivity index (χ0) is 17.6. The molecule has 4 aromatic carbocycles. The highest BCUT2D eigenvalue weighted by molar-refractivity contribution is 9.10. The third kappa shape index (κ3) is 2.07. The summed E-state index contributed by atoms with van der Waals surface area (Å²) in [6.45, 7) is 0. The number of benzene rings is 4. The molecule has 0 heterocycles. The molecule has 0 spiro atoms. The SMILES string of the molecule is Brc1ccc2c(c1)C(c1cc[c]cc1)(c1ccccc1)c1ccccc1-2. The third-order valence-electron chi connectivity index (χ3n) is 5.36. The van der Waals surface area contributed by atoms with Crippen LogP contribution < -0.4 is 0 Å². The molecule has 1 heteroatoms. The highest BCUT2D eigenvalue weighted by atomic mass is 79.9. The Hall–Kier alpha value is -2.64. The van der Waals surface area contributed by atoms with E-state index in [1.165, 1.54) is 33.4 Å². The van der Waals surface area contributed by atoms with Crippen molar-refractivity contribution in [1.82, 2.24) is 0 Å². The van der Waals surface area contributed by atoms with Gasteiger partial charge in [0.05, 0.1) is 5.41 Å². The van der Waals surface area contributed by atoms with Gasteiger partial charge in [-0.05, 0) is 51.6 Å². The van der Waals surface area contributed by atoms with E-state index in [-0.39, 0.29) is 5.41 Å². The maximum Gasteiger partial charge on any atom is 0.0713 e. The molecule has 0 saturated heterocycles. The van der Waals surface area contributed by atoms with Crippen LogP contribution in [0.5, 0.6) is 0 Å². The summed E-state index contributed by atoms with van der Waals surface area (Å²) >= 11 is 3.70. The van der Waals surface area contributed by atoms with Crippen molar-refractivity contribution in [3.05, 3.63) is 130 Å². The molecule has 0 fully saturated rings. The van der Waals surface area contributed by atoms with Crippen molar-refractivity contribution in [2.75, 3.05) is 0 Å². The number of fused-ring (bicyclic) bond motifs is 3. The van der Waals surface area contributed by atoms with Crippen LogP contribution in [-0.4, -0.2) is 0 Å². The summed E-state index contributed by atoms with van der Waals surface area (Å²) < 4.78 is 1.10. The van der Waals surface area contributed by atoms with Crippen molar-refractivity contribution in [3.8, 4) is 11.1 Å². The van der Waals surface area contributed by atoms with Gasteiger partial charge in [-0.25, -0.2) is 0 Å². The van der Waals surface area contributed by atoms with Crippen LogP contribution in [0.25, 0.3) is 11.1 Å². The quantitative estimate of drug-likeness (QED) is 0.315. The van der Waals surface area contributed by atoms with Crippen LogP contribution in [0.2, 0.25) is 0 Å². The van der Waals surface area contributed by atoms with Crippen LogP contribution in [0.4, 0.5) is 0 Å². The maximum atomic E-state index is 3.70. The summed E-state index contributed by atoms with van der Waals surface area (Å²) in [4.78, 5) is 0. The molecule has 1 aliphatic carbocycles. The molecule has 0 aliphatic heterocycles. The molecule has 0 bridgehead atoms. The van der Waals surface area contributed by atoms with E-state index in [0.717, 1.165) is 4.47 Å². The molecular formula is C25H16Br. The fourth-order valence-corrected chi connectivity index (χ4v) is 4.73. The van der Waals surface area contributed by atoms with Gasteiger partial charge < -0.3 is 0 Å². The van der Waals surface area contributed by atoms with Gasteiger partial charge in [-0.2, -0.15) is 0 Å². The first-order chi connectivity index (χ1) is 12.8. The van der Waals surface area contributed by atoms with Gasteiger partial charge >= 0.3 is 0 Å².